The molecule has 0 N–H and O–H groups in total. The van der Waals surface area contributed by atoms with Crippen molar-refractivity contribution in [3.05, 3.63) is 18.8 Å². The summed E-state index contributed by atoms with van der Waals surface area (Å²) in [6.07, 6.45) is 3.88. The van der Waals surface area contributed by atoms with Crippen LogP contribution in [0.15, 0.2) is 12.7 Å². The smallest absolute Gasteiger partial charge is 0.121 e. The van der Waals surface area contributed by atoms with Crippen molar-refractivity contribution >= 4 is 0 Å². The highest BCUT2D eigenvalue weighted by Gasteiger charge is 2.13. The predicted octanol–water partition coefficient (Wildman–Crippen LogP) is 1.12. The molecule has 1 heterocycles. The largest absolute Gasteiger partial charge is 0.367 e. The Hall–Kier alpha value is -0.300. The molecule has 1 fully saturated rings. The van der Waals surface area contributed by atoms with Gasteiger partial charge in [-0.05, 0) is 0 Å². The van der Waals surface area contributed by atoms with Gasteiger partial charge in [-0.3, -0.25) is 0 Å². The van der Waals surface area contributed by atoms with Crippen LogP contribution < -0.4 is 0 Å². The van der Waals surface area contributed by atoms with Crippen LogP contribution in [0, 0.1) is 6.10 Å². The third-order valence-corrected chi connectivity index (χ3v) is 0.864. The van der Waals surface area contributed by atoms with E-state index < -0.39 is 0 Å². The summed E-state index contributed by atoms with van der Waals surface area (Å²) < 4.78 is 4.88. The summed E-state index contributed by atoms with van der Waals surface area (Å²) in [5.74, 6) is 0. The first kappa shape index (κ1) is 3.88. The second-order valence-electron chi connectivity index (χ2n) is 1.27. The highest BCUT2D eigenvalue weighted by atomic mass is 16.5. The quantitative estimate of drug-likeness (QED) is 0.461. The van der Waals surface area contributed by atoms with Crippen LogP contribution in [-0.2, 0) is 4.74 Å². The average Bonchev–Trinajstić information content (AvgIpc) is 1.31. The number of rotatable bonds is 1. The standard InChI is InChI=1S/C5H7O/c1-2-5-3-4-6-5/h2H,1,3-4H2. The van der Waals surface area contributed by atoms with Crippen LogP contribution in [0.1, 0.15) is 6.42 Å². The lowest BCUT2D eigenvalue weighted by molar-refractivity contribution is 0.0651. The summed E-state index contributed by atoms with van der Waals surface area (Å²) in [5, 5.41) is 0. The van der Waals surface area contributed by atoms with Crippen LogP contribution >= 0.6 is 0 Å². The molecule has 0 aliphatic carbocycles. The molecule has 1 rings (SSSR count). The molecule has 0 atom stereocenters. The van der Waals surface area contributed by atoms with Gasteiger partial charge in [0, 0.05) is 6.42 Å². The highest BCUT2D eigenvalue weighted by molar-refractivity contribution is 5.02. The first-order valence-electron chi connectivity index (χ1n) is 2.04. The molecule has 0 saturated carbocycles. The fourth-order valence-electron chi connectivity index (χ4n) is 0.381. The van der Waals surface area contributed by atoms with Gasteiger partial charge in [-0.2, -0.15) is 0 Å². The lowest BCUT2D eigenvalue weighted by Gasteiger charge is -2.20. The van der Waals surface area contributed by atoms with Gasteiger partial charge < -0.3 is 4.74 Å². The second-order valence-corrected chi connectivity index (χ2v) is 1.27. The molecule has 1 radical (unpaired) electrons. The van der Waals surface area contributed by atoms with Crippen molar-refractivity contribution in [1.82, 2.24) is 0 Å². The molecule has 0 unspecified atom stereocenters. The molecule has 0 bridgehead atoms. The van der Waals surface area contributed by atoms with Gasteiger partial charge in [0.15, 0.2) is 0 Å². The Morgan fingerprint density at radius 2 is 2.50 bits per heavy atom. The van der Waals surface area contributed by atoms with E-state index in [1.807, 2.05) is 0 Å². The first-order valence-corrected chi connectivity index (χ1v) is 2.04. The zero-order valence-electron chi connectivity index (χ0n) is 3.61. The van der Waals surface area contributed by atoms with Gasteiger partial charge in [0.05, 0.1) is 6.61 Å². The lowest BCUT2D eigenvalue weighted by atomic mass is 10.2. The van der Waals surface area contributed by atoms with Crippen molar-refractivity contribution in [3.8, 4) is 0 Å². The monoisotopic (exact) mass is 83.0 g/mol. The summed E-state index contributed by atoms with van der Waals surface area (Å²) in [4.78, 5) is 0. The van der Waals surface area contributed by atoms with Gasteiger partial charge in [0.2, 0.25) is 0 Å². The van der Waals surface area contributed by atoms with Gasteiger partial charge >= 0.3 is 0 Å². The summed E-state index contributed by atoms with van der Waals surface area (Å²) in [6.45, 7) is 4.41. The number of hydrogen-bond donors (Lipinski definition) is 0. The molecule has 6 heavy (non-hydrogen) atoms. The van der Waals surface area contributed by atoms with Crippen LogP contribution in [0.3, 0.4) is 0 Å². The van der Waals surface area contributed by atoms with E-state index in [-0.39, 0.29) is 0 Å². The Bertz CT molecular complexity index is 55.0. The van der Waals surface area contributed by atoms with E-state index in [0.717, 1.165) is 19.1 Å². The molecule has 0 aromatic rings. The van der Waals surface area contributed by atoms with Crippen LogP contribution in [-0.4, -0.2) is 6.61 Å². The average molecular weight is 83.1 g/mol. The van der Waals surface area contributed by atoms with E-state index >= 15 is 0 Å². The lowest BCUT2D eigenvalue weighted by Crippen LogP contribution is -2.14. The maximum atomic E-state index is 4.88. The fraction of sp³-hybridized carbons (Fsp3) is 0.400. The van der Waals surface area contributed by atoms with Crippen molar-refractivity contribution < 1.29 is 4.74 Å². The van der Waals surface area contributed by atoms with Crippen molar-refractivity contribution in [3.63, 3.8) is 0 Å². The summed E-state index contributed by atoms with van der Waals surface area (Å²) >= 11 is 0. The van der Waals surface area contributed by atoms with Crippen LogP contribution in [0.4, 0.5) is 0 Å². The minimum Gasteiger partial charge on any atom is -0.367 e. The fourth-order valence-corrected chi connectivity index (χ4v) is 0.381. The Morgan fingerprint density at radius 1 is 1.83 bits per heavy atom. The molecular weight excluding hydrogens is 76.1 g/mol. The van der Waals surface area contributed by atoms with E-state index in [2.05, 4.69) is 6.58 Å². The van der Waals surface area contributed by atoms with Gasteiger partial charge in [-0.15, -0.1) is 6.58 Å². The summed E-state index contributed by atoms with van der Waals surface area (Å²) in [7, 11) is 0. The summed E-state index contributed by atoms with van der Waals surface area (Å²) in [6, 6.07) is 0. The number of hydrogen-bond acceptors (Lipinski definition) is 1. The molecule has 1 saturated heterocycles. The van der Waals surface area contributed by atoms with Gasteiger partial charge in [-0.25, -0.2) is 0 Å². The van der Waals surface area contributed by atoms with E-state index in [1.54, 1.807) is 6.08 Å². The Morgan fingerprint density at radius 3 is 2.50 bits per heavy atom. The minimum absolute atomic E-state index is 0.890. The molecule has 33 valence electrons. The normalized spacial score (nSPS) is 22.7. The molecular formula is C5H7O. The van der Waals surface area contributed by atoms with Gasteiger partial charge in [-0.1, -0.05) is 6.08 Å². The molecule has 1 aliphatic rings. The maximum Gasteiger partial charge on any atom is 0.121 e. The molecule has 1 heteroatoms. The molecule has 0 spiro atoms. The third-order valence-electron chi connectivity index (χ3n) is 0.864. The maximum absolute atomic E-state index is 4.88. The second kappa shape index (κ2) is 1.43. The van der Waals surface area contributed by atoms with Gasteiger partial charge in [0.25, 0.3) is 0 Å². The predicted molar refractivity (Wildman–Crippen MR) is 24.0 cm³/mol. The van der Waals surface area contributed by atoms with Crippen molar-refractivity contribution in [2.45, 2.75) is 6.42 Å². The van der Waals surface area contributed by atoms with Crippen molar-refractivity contribution in [1.29, 1.82) is 0 Å². The molecule has 0 aromatic heterocycles. The third kappa shape index (κ3) is 0.455. The SMILES string of the molecule is C=C[C]1CCO1. The number of ether oxygens (including phenoxy) is 1. The van der Waals surface area contributed by atoms with Crippen LogP contribution in [0.5, 0.6) is 0 Å². The van der Waals surface area contributed by atoms with Crippen molar-refractivity contribution in [2.75, 3.05) is 6.61 Å². The minimum atomic E-state index is 0.890. The van der Waals surface area contributed by atoms with E-state index in [4.69, 9.17) is 4.74 Å². The zero-order chi connectivity index (χ0) is 4.41. The molecule has 1 aliphatic heterocycles. The summed E-state index contributed by atoms with van der Waals surface area (Å²) in [5.41, 5.74) is 0. The van der Waals surface area contributed by atoms with Gasteiger partial charge in [0.1, 0.15) is 6.10 Å². The van der Waals surface area contributed by atoms with Crippen LogP contribution in [0.2, 0.25) is 0 Å². The molecule has 0 aromatic carbocycles. The Balaban J connectivity index is 2.16. The first-order chi connectivity index (χ1) is 2.93. The molecule has 1 nitrogen and oxygen atoms in total. The van der Waals surface area contributed by atoms with Crippen molar-refractivity contribution in [2.24, 2.45) is 0 Å². The topological polar surface area (TPSA) is 9.23 Å². The molecule has 0 amide bonds. The van der Waals surface area contributed by atoms with E-state index in [1.165, 1.54) is 0 Å². The Labute approximate surface area is 37.6 Å². The van der Waals surface area contributed by atoms with Crippen LogP contribution in [0.25, 0.3) is 0 Å². The van der Waals surface area contributed by atoms with E-state index in [9.17, 15) is 0 Å². The highest BCUT2D eigenvalue weighted by Crippen LogP contribution is 2.18. The Kier molecular flexibility index (Phi) is 0.926. The zero-order valence-corrected chi connectivity index (χ0v) is 3.61. The van der Waals surface area contributed by atoms with E-state index in [0.29, 0.717) is 0 Å².